The van der Waals surface area contributed by atoms with Crippen LogP contribution in [0.2, 0.25) is 0 Å². The molecule has 1 aliphatic heterocycles. The standard InChI is InChI=1S/C20H17NOS2/c1-15(12-16-8-4-2-5-9-16)13-18-19(22)24-20(21-18)23-14-17-10-6-3-7-11-17/h2-13H,14H2,1H3/b15-12-,18-13+. The molecule has 2 aromatic rings. The molecule has 0 saturated heterocycles. The largest absolute Gasteiger partial charge is 0.279 e. The smallest absolute Gasteiger partial charge is 0.244 e. The molecule has 2 aromatic carbocycles. The molecule has 3 rings (SSSR count). The zero-order valence-corrected chi connectivity index (χ0v) is 14.9. The molecule has 0 atom stereocenters. The molecule has 0 N–H and O–H groups in total. The minimum absolute atomic E-state index is 0.0198. The van der Waals surface area contributed by atoms with E-state index in [1.54, 1.807) is 11.8 Å². The van der Waals surface area contributed by atoms with Crippen LogP contribution in [0.3, 0.4) is 0 Å². The van der Waals surface area contributed by atoms with Gasteiger partial charge in [-0.2, -0.15) is 0 Å². The summed E-state index contributed by atoms with van der Waals surface area (Å²) in [5, 5.41) is 0.0198. The van der Waals surface area contributed by atoms with Gasteiger partial charge in [-0.25, -0.2) is 4.99 Å². The van der Waals surface area contributed by atoms with Gasteiger partial charge in [0.25, 0.3) is 0 Å². The monoisotopic (exact) mass is 351 g/mol. The third kappa shape index (κ3) is 4.73. The fourth-order valence-corrected chi connectivity index (χ4v) is 4.04. The van der Waals surface area contributed by atoms with E-state index in [9.17, 15) is 4.79 Å². The maximum absolute atomic E-state index is 12.1. The van der Waals surface area contributed by atoms with Gasteiger partial charge in [-0.1, -0.05) is 78.5 Å². The van der Waals surface area contributed by atoms with E-state index < -0.39 is 0 Å². The summed E-state index contributed by atoms with van der Waals surface area (Å²) >= 11 is 2.83. The average molecular weight is 351 g/mol. The van der Waals surface area contributed by atoms with Gasteiger partial charge in [-0.15, -0.1) is 0 Å². The van der Waals surface area contributed by atoms with Gasteiger partial charge in [0.1, 0.15) is 10.1 Å². The molecule has 1 heterocycles. The summed E-state index contributed by atoms with van der Waals surface area (Å²) in [6.45, 7) is 1.99. The highest BCUT2D eigenvalue weighted by Gasteiger charge is 2.22. The van der Waals surface area contributed by atoms with Crippen LogP contribution in [0.25, 0.3) is 6.08 Å². The van der Waals surface area contributed by atoms with E-state index in [-0.39, 0.29) is 5.12 Å². The van der Waals surface area contributed by atoms with Crippen molar-refractivity contribution in [2.45, 2.75) is 12.7 Å². The summed E-state index contributed by atoms with van der Waals surface area (Å²) in [4.78, 5) is 16.6. The number of nitrogens with zero attached hydrogens (tertiary/aromatic N) is 1. The lowest BCUT2D eigenvalue weighted by Crippen LogP contribution is -1.88. The van der Waals surface area contributed by atoms with Gasteiger partial charge in [-0.3, -0.25) is 4.79 Å². The van der Waals surface area contributed by atoms with Gasteiger partial charge < -0.3 is 0 Å². The molecule has 0 radical (unpaired) electrons. The summed E-state index contributed by atoms with van der Waals surface area (Å²) in [7, 11) is 0. The Balaban J connectivity index is 1.68. The molecule has 0 bridgehead atoms. The molecule has 0 fully saturated rings. The van der Waals surface area contributed by atoms with Gasteiger partial charge in [-0.05, 0) is 41.5 Å². The molecule has 4 heteroatoms. The fraction of sp³-hybridized carbons (Fsp3) is 0.100. The molecule has 0 unspecified atom stereocenters. The average Bonchev–Trinajstić information content (AvgIpc) is 2.94. The highest BCUT2D eigenvalue weighted by Crippen LogP contribution is 2.32. The van der Waals surface area contributed by atoms with Crippen molar-refractivity contribution < 1.29 is 4.79 Å². The number of carbonyl (C=O) groups excluding carboxylic acids is 1. The molecule has 120 valence electrons. The lowest BCUT2D eigenvalue weighted by molar-refractivity contribution is -0.107. The third-order valence-corrected chi connectivity index (χ3v) is 5.44. The minimum atomic E-state index is 0.0198. The SMILES string of the molecule is CC(=C/c1ccccc1)/C=C1/N=C(SCc2ccccc2)SC1=O. The molecule has 0 aliphatic carbocycles. The lowest BCUT2D eigenvalue weighted by atomic mass is 10.1. The lowest BCUT2D eigenvalue weighted by Gasteiger charge is -1.98. The Hall–Kier alpha value is -2.04. The van der Waals surface area contributed by atoms with Gasteiger partial charge in [0.15, 0.2) is 0 Å². The third-order valence-electron chi connectivity index (χ3n) is 3.36. The number of benzene rings is 2. The van der Waals surface area contributed by atoms with Crippen molar-refractivity contribution in [2.75, 3.05) is 0 Å². The van der Waals surface area contributed by atoms with Crippen molar-refractivity contribution in [2.24, 2.45) is 4.99 Å². The first-order chi connectivity index (χ1) is 11.7. The number of aliphatic imine (C=N–C) groups is 1. The van der Waals surface area contributed by atoms with Crippen LogP contribution in [-0.4, -0.2) is 9.49 Å². The van der Waals surface area contributed by atoms with Crippen LogP contribution in [0, 0.1) is 0 Å². The molecule has 0 aromatic heterocycles. The first-order valence-electron chi connectivity index (χ1n) is 7.63. The van der Waals surface area contributed by atoms with E-state index in [0.717, 1.165) is 21.3 Å². The van der Waals surface area contributed by atoms with Crippen LogP contribution in [-0.2, 0) is 10.5 Å². The van der Waals surface area contributed by atoms with Gasteiger partial charge in [0.05, 0.1) is 0 Å². The minimum Gasteiger partial charge on any atom is -0.279 e. The summed E-state index contributed by atoms with van der Waals surface area (Å²) in [5.74, 6) is 0.825. The van der Waals surface area contributed by atoms with E-state index in [0.29, 0.717) is 5.70 Å². The molecule has 0 saturated carbocycles. The number of hydrogen-bond acceptors (Lipinski definition) is 4. The van der Waals surface area contributed by atoms with Crippen molar-refractivity contribution >= 4 is 39.1 Å². The van der Waals surface area contributed by atoms with E-state index in [2.05, 4.69) is 23.2 Å². The van der Waals surface area contributed by atoms with E-state index >= 15 is 0 Å². The van der Waals surface area contributed by atoms with E-state index in [1.807, 2.05) is 61.5 Å². The zero-order chi connectivity index (χ0) is 16.8. The van der Waals surface area contributed by atoms with Crippen LogP contribution < -0.4 is 0 Å². The molecule has 0 spiro atoms. The Morgan fingerprint density at radius 3 is 2.46 bits per heavy atom. The van der Waals surface area contributed by atoms with Crippen LogP contribution in [0.1, 0.15) is 18.1 Å². The summed E-state index contributed by atoms with van der Waals surface area (Å²) in [6, 6.07) is 20.3. The second-order valence-electron chi connectivity index (χ2n) is 5.37. The van der Waals surface area contributed by atoms with Crippen LogP contribution in [0.5, 0.6) is 0 Å². The molecule has 0 amide bonds. The van der Waals surface area contributed by atoms with Crippen molar-refractivity contribution in [3.05, 3.63) is 89.1 Å². The van der Waals surface area contributed by atoms with Crippen molar-refractivity contribution in [3.63, 3.8) is 0 Å². The Morgan fingerprint density at radius 1 is 1.08 bits per heavy atom. The summed E-state index contributed by atoms with van der Waals surface area (Å²) in [5.41, 5.74) is 3.90. The highest BCUT2D eigenvalue weighted by molar-refractivity contribution is 8.45. The van der Waals surface area contributed by atoms with Gasteiger partial charge in [0.2, 0.25) is 5.12 Å². The normalized spacial score (nSPS) is 16.5. The number of allylic oxidation sites excluding steroid dienone is 2. The van der Waals surface area contributed by atoms with Gasteiger partial charge >= 0.3 is 0 Å². The second kappa shape index (κ2) is 8.18. The Kier molecular flexibility index (Phi) is 5.72. The molecule has 24 heavy (non-hydrogen) atoms. The van der Waals surface area contributed by atoms with Crippen molar-refractivity contribution in [1.29, 1.82) is 0 Å². The van der Waals surface area contributed by atoms with Crippen molar-refractivity contribution in [3.8, 4) is 0 Å². The Labute approximate surface area is 150 Å². The molecule has 2 nitrogen and oxygen atoms in total. The maximum atomic E-state index is 12.1. The zero-order valence-electron chi connectivity index (χ0n) is 13.3. The topological polar surface area (TPSA) is 29.4 Å². The Bertz CT molecular complexity index is 808. The first-order valence-corrected chi connectivity index (χ1v) is 9.43. The Morgan fingerprint density at radius 2 is 1.75 bits per heavy atom. The van der Waals surface area contributed by atoms with Crippen LogP contribution in [0.4, 0.5) is 0 Å². The number of carbonyl (C=O) groups is 1. The predicted molar refractivity (Wildman–Crippen MR) is 106 cm³/mol. The maximum Gasteiger partial charge on any atom is 0.244 e. The van der Waals surface area contributed by atoms with Crippen LogP contribution >= 0.6 is 23.5 Å². The number of hydrogen-bond donors (Lipinski definition) is 0. The summed E-state index contributed by atoms with van der Waals surface area (Å²) in [6.07, 6.45) is 3.91. The van der Waals surface area contributed by atoms with Crippen molar-refractivity contribution in [1.82, 2.24) is 0 Å². The second-order valence-corrected chi connectivity index (χ2v) is 7.55. The molecular weight excluding hydrogens is 334 g/mol. The highest BCUT2D eigenvalue weighted by atomic mass is 32.2. The van der Waals surface area contributed by atoms with Crippen LogP contribution in [0.15, 0.2) is 83.0 Å². The number of rotatable bonds is 4. The van der Waals surface area contributed by atoms with E-state index in [4.69, 9.17) is 0 Å². The summed E-state index contributed by atoms with van der Waals surface area (Å²) < 4.78 is 0.822. The first kappa shape index (κ1) is 16.8. The number of thioether (sulfide) groups is 2. The fourth-order valence-electron chi connectivity index (χ4n) is 2.24. The predicted octanol–water partition coefficient (Wildman–Crippen LogP) is 5.54. The quantitative estimate of drug-likeness (QED) is 0.678. The molecular formula is C20H17NOS2. The van der Waals surface area contributed by atoms with E-state index in [1.165, 1.54) is 17.3 Å². The molecule has 1 aliphatic rings. The van der Waals surface area contributed by atoms with Gasteiger partial charge in [0, 0.05) is 5.75 Å².